The Kier molecular flexibility index (Phi) is 4.27. The zero-order valence-corrected chi connectivity index (χ0v) is 9.71. The minimum atomic E-state index is 0.0881. The zero-order valence-electron chi connectivity index (χ0n) is 8.96. The molecular formula is C12H17ClO. The van der Waals surface area contributed by atoms with Gasteiger partial charge in [-0.25, -0.2) is 0 Å². The Morgan fingerprint density at radius 2 is 2.07 bits per heavy atom. The van der Waals surface area contributed by atoms with Crippen LogP contribution in [0.15, 0.2) is 24.3 Å². The highest BCUT2D eigenvalue weighted by Gasteiger charge is 2.10. The fourth-order valence-electron chi connectivity index (χ4n) is 1.39. The van der Waals surface area contributed by atoms with E-state index in [-0.39, 0.29) is 5.38 Å². The lowest BCUT2D eigenvalue weighted by Gasteiger charge is -2.13. The summed E-state index contributed by atoms with van der Waals surface area (Å²) in [4.78, 5) is 0. The van der Waals surface area contributed by atoms with Crippen LogP contribution in [0.1, 0.15) is 31.2 Å². The molecule has 0 aliphatic carbocycles. The van der Waals surface area contributed by atoms with Crippen LogP contribution < -0.4 is 4.74 Å². The summed E-state index contributed by atoms with van der Waals surface area (Å²) in [6.07, 6.45) is 0.995. The van der Waals surface area contributed by atoms with Crippen LogP contribution in [0.2, 0.25) is 0 Å². The van der Waals surface area contributed by atoms with Gasteiger partial charge in [0, 0.05) is 0 Å². The van der Waals surface area contributed by atoms with Crippen molar-refractivity contribution in [3.8, 4) is 5.75 Å². The first-order valence-electron chi connectivity index (χ1n) is 4.91. The Hall–Kier alpha value is -0.690. The number of rotatable bonds is 4. The van der Waals surface area contributed by atoms with E-state index in [0.29, 0.717) is 5.92 Å². The second kappa shape index (κ2) is 5.26. The van der Waals surface area contributed by atoms with E-state index in [1.807, 2.05) is 24.3 Å². The van der Waals surface area contributed by atoms with Crippen LogP contribution in [0.3, 0.4) is 0 Å². The molecule has 0 bridgehead atoms. The van der Waals surface area contributed by atoms with E-state index in [1.165, 1.54) is 0 Å². The summed E-state index contributed by atoms with van der Waals surface area (Å²) >= 11 is 6.27. The molecule has 0 aliphatic rings. The summed E-state index contributed by atoms with van der Waals surface area (Å²) in [5.74, 6) is 1.49. The van der Waals surface area contributed by atoms with Crippen LogP contribution >= 0.6 is 11.6 Å². The van der Waals surface area contributed by atoms with Gasteiger partial charge in [0.05, 0.1) is 12.5 Å². The third-order valence-corrected chi connectivity index (χ3v) is 2.56. The van der Waals surface area contributed by atoms with E-state index in [4.69, 9.17) is 16.3 Å². The van der Waals surface area contributed by atoms with Gasteiger partial charge in [-0.05, 0) is 30.0 Å². The molecule has 78 valence electrons. The fraction of sp³-hybridized carbons (Fsp3) is 0.500. The highest BCUT2D eigenvalue weighted by atomic mass is 35.5. The lowest BCUT2D eigenvalue weighted by Crippen LogP contribution is -1.96. The Morgan fingerprint density at radius 1 is 1.36 bits per heavy atom. The molecule has 14 heavy (non-hydrogen) atoms. The quantitative estimate of drug-likeness (QED) is 0.685. The summed E-state index contributed by atoms with van der Waals surface area (Å²) < 4.78 is 5.15. The zero-order chi connectivity index (χ0) is 10.6. The normalized spacial score (nSPS) is 12.9. The Labute approximate surface area is 91.0 Å². The van der Waals surface area contributed by atoms with E-state index in [2.05, 4.69) is 13.8 Å². The van der Waals surface area contributed by atoms with E-state index in [9.17, 15) is 0 Å². The summed E-state index contributed by atoms with van der Waals surface area (Å²) in [6.45, 7) is 4.35. The highest BCUT2D eigenvalue weighted by molar-refractivity contribution is 6.20. The lowest BCUT2D eigenvalue weighted by molar-refractivity contribution is 0.414. The molecule has 0 saturated carbocycles. The molecule has 0 amide bonds. The van der Waals surface area contributed by atoms with Gasteiger partial charge >= 0.3 is 0 Å². The topological polar surface area (TPSA) is 9.23 Å². The monoisotopic (exact) mass is 212 g/mol. The fourth-order valence-corrected chi connectivity index (χ4v) is 1.88. The van der Waals surface area contributed by atoms with Crippen molar-refractivity contribution in [3.05, 3.63) is 29.8 Å². The minimum Gasteiger partial charge on any atom is -0.497 e. The molecular weight excluding hydrogens is 196 g/mol. The maximum atomic E-state index is 6.27. The van der Waals surface area contributed by atoms with E-state index in [1.54, 1.807) is 7.11 Å². The van der Waals surface area contributed by atoms with Crippen molar-refractivity contribution in [2.45, 2.75) is 25.6 Å². The number of benzene rings is 1. The number of hydrogen-bond donors (Lipinski definition) is 0. The molecule has 0 radical (unpaired) electrons. The van der Waals surface area contributed by atoms with Gasteiger partial charge in [-0.3, -0.25) is 0 Å². The largest absolute Gasteiger partial charge is 0.497 e. The maximum absolute atomic E-state index is 6.27. The highest BCUT2D eigenvalue weighted by Crippen LogP contribution is 2.29. The summed E-state index contributed by atoms with van der Waals surface area (Å²) in [5.41, 5.74) is 1.14. The molecule has 1 aromatic rings. The molecule has 1 aromatic carbocycles. The number of alkyl halides is 1. The van der Waals surface area contributed by atoms with E-state index in [0.717, 1.165) is 17.7 Å². The molecule has 0 spiro atoms. The maximum Gasteiger partial charge on any atom is 0.119 e. The van der Waals surface area contributed by atoms with Crippen molar-refractivity contribution >= 4 is 11.6 Å². The number of methoxy groups -OCH3 is 1. The van der Waals surface area contributed by atoms with Crippen molar-refractivity contribution in [2.24, 2.45) is 5.92 Å². The molecule has 0 aromatic heterocycles. The molecule has 1 rings (SSSR count). The molecule has 1 unspecified atom stereocenters. The van der Waals surface area contributed by atoms with E-state index < -0.39 is 0 Å². The number of halogens is 1. The predicted molar refractivity (Wildman–Crippen MR) is 61.0 cm³/mol. The first kappa shape index (κ1) is 11.4. The minimum absolute atomic E-state index is 0.0881. The van der Waals surface area contributed by atoms with Crippen LogP contribution in [-0.2, 0) is 0 Å². The average molecular weight is 213 g/mol. The van der Waals surface area contributed by atoms with Crippen molar-refractivity contribution in [1.82, 2.24) is 0 Å². The van der Waals surface area contributed by atoms with E-state index >= 15 is 0 Å². The molecule has 0 N–H and O–H groups in total. The van der Waals surface area contributed by atoms with Gasteiger partial charge in [-0.1, -0.05) is 26.0 Å². The van der Waals surface area contributed by atoms with Gasteiger partial charge in [0.2, 0.25) is 0 Å². The van der Waals surface area contributed by atoms with Crippen molar-refractivity contribution in [2.75, 3.05) is 7.11 Å². The van der Waals surface area contributed by atoms with Gasteiger partial charge in [0.25, 0.3) is 0 Å². The summed E-state index contributed by atoms with van der Waals surface area (Å²) in [7, 11) is 1.67. The van der Waals surface area contributed by atoms with Gasteiger partial charge in [0.1, 0.15) is 5.75 Å². The Balaban J connectivity index is 2.73. The SMILES string of the molecule is COc1cccc(C(Cl)CC(C)C)c1. The second-order valence-electron chi connectivity index (χ2n) is 3.87. The van der Waals surface area contributed by atoms with Crippen LogP contribution in [0, 0.1) is 5.92 Å². The number of hydrogen-bond acceptors (Lipinski definition) is 1. The molecule has 0 aliphatic heterocycles. The van der Waals surface area contributed by atoms with Crippen LogP contribution in [0.4, 0.5) is 0 Å². The standard InChI is InChI=1S/C12H17ClO/c1-9(2)7-12(13)10-5-4-6-11(8-10)14-3/h4-6,8-9,12H,7H2,1-3H3. The molecule has 2 heteroatoms. The number of ether oxygens (including phenoxy) is 1. The van der Waals surface area contributed by atoms with Gasteiger partial charge in [0.15, 0.2) is 0 Å². The van der Waals surface area contributed by atoms with Gasteiger partial charge in [-0.15, -0.1) is 11.6 Å². The molecule has 0 fully saturated rings. The average Bonchev–Trinajstić information content (AvgIpc) is 2.17. The third kappa shape index (κ3) is 3.22. The van der Waals surface area contributed by atoms with Crippen LogP contribution in [0.5, 0.6) is 5.75 Å². The van der Waals surface area contributed by atoms with Crippen LogP contribution in [-0.4, -0.2) is 7.11 Å². The molecule has 1 nitrogen and oxygen atoms in total. The first-order valence-corrected chi connectivity index (χ1v) is 5.35. The second-order valence-corrected chi connectivity index (χ2v) is 4.40. The van der Waals surface area contributed by atoms with Crippen molar-refractivity contribution < 1.29 is 4.74 Å². The molecule has 0 heterocycles. The first-order chi connectivity index (χ1) is 6.63. The smallest absolute Gasteiger partial charge is 0.119 e. The Bertz CT molecular complexity index is 283. The lowest BCUT2D eigenvalue weighted by atomic mass is 10.0. The van der Waals surface area contributed by atoms with Crippen molar-refractivity contribution in [3.63, 3.8) is 0 Å². The predicted octanol–water partition coefficient (Wildman–Crippen LogP) is 4.02. The van der Waals surface area contributed by atoms with Gasteiger partial charge in [-0.2, -0.15) is 0 Å². The third-order valence-electron chi connectivity index (χ3n) is 2.13. The summed E-state index contributed by atoms with van der Waals surface area (Å²) in [5, 5.41) is 0.0881. The van der Waals surface area contributed by atoms with Gasteiger partial charge < -0.3 is 4.74 Å². The van der Waals surface area contributed by atoms with Crippen molar-refractivity contribution in [1.29, 1.82) is 0 Å². The molecule has 1 atom stereocenters. The van der Waals surface area contributed by atoms with Crippen LogP contribution in [0.25, 0.3) is 0 Å². The molecule has 0 saturated heterocycles. The summed E-state index contributed by atoms with van der Waals surface area (Å²) in [6, 6.07) is 7.95. The Morgan fingerprint density at radius 3 is 2.64 bits per heavy atom.